The van der Waals surface area contributed by atoms with Crippen molar-refractivity contribution in [2.75, 3.05) is 27.4 Å². The number of phenols is 1. The van der Waals surface area contributed by atoms with Crippen LogP contribution in [-0.2, 0) is 14.3 Å². The number of amides is 1. The maximum absolute atomic E-state index is 13.1. The Morgan fingerprint density at radius 2 is 1.76 bits per heavy atom. The van der Waals surface area contributed by atoms with Gasteiger partial charge >= 0.3 is 0 Å². The fourth-order valence-corrected chi connectivity index (χ4v) is 4.23. The molecule has 1 unspecified atom stereocenters. The predicted molar refractivity (Wildman–Crippen MR) is 125 cm³/mol. The molecule has 33 heavy (non-hydrogen) atoms. The fourth-order valence-electron chi connectivity index (χ4n) is 3.69. The number of hydrogen-bond donors (Lipinski definition) is 2. The molecule has 0 radical (unpaired) electrons. The van der Waals surface area contributed by atoms with Crippen molar-refractivity contribution in [3.05, 3.63) is 57.6 Å². The molecule has 1 aliphatic rings. The molecule has 1 saturated heterocycles. The Kier molecular flexibility index (Phi) is 7.65. The number of Topliss-reactive ketones (excluding diaryl/α,β-unsaturated/α-hetero) is 1. The average molecular weight is 520 g/mol. The molecule has 1 atom stereocenters. The first-order chi connectivity index (χ1) is 15.7. The third-order valence-electron chi connectivity index (χ3n) is 5.27. The number of methoxy groups -OCH3 is 2. The molecule has 9 heteroatoms. The largest absolute Gasteiger partial charge is 0.507 e. The zero-order chi connectivity index (χ0) is 24.3. The first-order valence-electron chi connectivity index (χ1n) is 10.3. The Bertz CT molecular complexity index is 1100. The van der Waals surface area contributed by atoms with Crippen LogP contribution >= 0.6 is 15.9 Å². The number of halogens is 1. The molecule has 3 rings (SSSR count). The summed E-state index contributed by atoms with van der Waals surface area (Å²) in [4.78, 5) is 27.3. The minimum atomic E-state index is -0.918. The van der Waals surface area contributed by atoms with Crippen LogP contribution in [0.15, 0.2) is 46.4 Å². The third-order valence-corrected chi connectivity index (χ3v) is 5.89. The monoisotopic (exact) mass is 519 g/mol. The van der Waals surface area contributed by atoms with E-state index in [-0.39, 0.29) is 42.1 Å². The number of aliphatic hydroxyl groups is 1. The molecule has 0 spiro atoms. The molecule has 1 amide bonds. The number of ether oxygens (including phenoxy) is 3. The molecule has 2 aromatic rings. The van der Waals surface area contributed by atoms with Gasteiger partial charge in [0.15, 0.2) is 11.5 Å². The Morgan fingerprint density at radius 1 is 1.09 bits per heavy atom. The second-order valence-corrected chi connectivity index (χ2v) is 8.55. The molecule has 1 heterocycles. The van der Waals surface area contributed by atoms with Gasteiger partial charge in [-0.3, -0.25) is 9.59 Å². The van der Waals surface area contributed by atoms with Crippen LogP contribution in [-0.4, -0.2) is 60.3 Å². The average Bonchev–Trinajstić information content (AvgIpc) is 3.03. The van der Waals surface area contributed by atoms with E-state index in [0.29, 0.717) is 21.3 Å². The first-order valence-corrected chi connectivity index (χ1v) is 11.1. The van der Waals surface area contributed by atoms with Crippen LogP contribution in [0.3, 0.4) is 0 Å². The number of ketones is 1. The van der Waals surface area contributed by atoms with Crippen molar-refractivity contribution < 1.29 is 34.0 Å². The summed E-state index contributed by atoms with van der Waals surface area (Å²) in [6.07, 6.45) is -0.0537. The number of carbonyl (C=O) groups excluding carboxylic acids is 2. The van der Waals surface area contributed by atoms with Gasteiger partial charge in [-0.25, -0.2) is 0 Å². The Balaban J connectivity index is 2.14. The van der Waals surface area contributed by atoms with Crippen LogP contribution in [0.25, 0.3) is 5.76 Å². The summed E-state index contributed by atoms with van der Waals surface area (Å²) in [7, 11) is 2.94. The van der Waals surface area contributed by atoms with Crippen LogP contribution in [0, 0.1) is 0 Å². The van der Waals surface area contributed by atoms with E-state index in [1.54, 1.807) is 30.3 Å². The van der Waals surface area contributed by atoms with E-state index in [1.165, 1.54) is 25.2 Å². The van der Waals surface area contributed by atoms with Gasteiger partial charge in [0, 0.05) is 12.1 Å². The number of aromatic hydroxyl groups is 1. The van der Waals surface area contributed by atoms with Gasteiger partial charge in [0.05, 0.1) is 43.0 Å². The molecule has 8 nitrogen and oxygen atoms in total. The highest BCUT2D eigenvalue weighted by Gasteiger charge is 2.46. The maximum Gasteiger partial charge on any atom is 0.295 e. The van der Waals surface area contributed by atoms with Gasteiger partial charge in [0.2, 0.25) is 0 Å². The highest BCUT2D eigenvalue weighted by molar-refractivity contribution is 9.10. The number of benzene rings is 2. The first kappa shape index (κ1) is 24.6. The maximum atomic E-state index is 13.1. The summed E-state index contributed by atoms with van der Waals surface area (Å²) >= 11 is 3.37. The van der Waals surface area contributed by atoms with Crippen LogP contribution < -0.4 is 9.47 Å². The minimum Gasteiger partial charge on any atom is -0.507 e. The lowest BCUT2D eigenvalue weighted by Crippen LogP contribution is -2.33. The lowest BCUT2D eigenvalue weighted by atomic mass is 9.95. The van der Waals surface area contributed by atoms with Crippen LogP contribution in [0.2, 0.25) is 0 Å². The van der Waals surface area contributed by atoms with E-state index in [9.17, 15) is 19.8 Å². The molecular formula is C24H26BrNO7. The van der Waals surface area contributed by atoms with E-state index in [0.717, 1.165) is 0 Å². The lowest BCUT2D eigenvalue weighted by Gasteiger charge is -2.26. The van der Waals surface area contributed by atoms with Gasteiger partial charge in [-0.15, -0.1) is 0 Å². The SMILES string of the molecule is COc1ccc(C2/C(=C(/O)c3ccc(OC)c(Br)c3)C(=O)C(=O)N2CCOC(C)C)cc1O. The number of likely N-dealkylation sites (tertiary alicyclic amines) is 1. The molecular weight excluding hydrogens is 494 g/mol. The van der Waals surface area contributed by atoms with Gasteiger partial charge in [-0.1, -0.05) is 6.07 Å². The zero-order valence-electron chi connectivity index (χ0n) is 18.8. The number of hydrogen-bond acceptors (Lipinski definition) is 7. The van der Waals surface area contributed by atoms with Crippen LogP contribution in [0.5, 0.6) is 17.2 Å². The number of carbonyl (C=O) groups is 2. The van der Waals surface area contributed by atoms with Crippen molar-refractivity contribution in [3.8, 4) is 17.2 Å². The summed E-state index contributed by atoms with van der Waals surface area (Å²) in [5.41, 5.74) is 0.708. The van der Waals surface area contributed by atoms with Crippen molar-refractivity contribution in [2.24, 2.45) is 0 Å². The van der Waals surface area contributed by atoms with E-state index in [4.69, 9.17) is 14.2 Å². The number of nitrogens with zero attached hydrogens (tertiary/aromatic N) is 1. The normalized spacial score (nSPS) is 17.6. The molecule has 0 aliphatic carbocycles. The van der Waals surface area contributed by atoms with Crippen LogP contribution in [0.1, 0.15) is 31.0 Å². The fraction of sp³-hybridized carbons (Fsp3) is 0.333. The minimum absolute atomic E-state index is 0.0537. The molecule has 2 aromatic carbocycles. The summed E-state index contributed by atoms with van der Waals surface area (Å²) in [6.45, 7) is 4.07. The van der Waals surface area contributed by atoms with Gasteiger partial charge in [0.25, 0.3) is 11.7 Å². The summed E-state index contributed by atoms with van der Waals surface area (Å²) in [5, 5.41) is 21.4. The highest BCUT2D eigenvalue weighted by Crippen LogP contribution is 2.42. The molecule has 2 N–H and O–H groups in total. The number of rotatable bonds is 8. The summed E-state index contributed by atoms with van der Waals surface area (Å²) in [5.74, 6) is -1.25. The lowest BCUT2D eigenvalue weighted by molar-refractivity contribution is -0.140. The van der Waals surface area contributed by atoms with E-state index in [2.05, 4.69) is 15.9 Å². The second kappa shape index (κ2) is 10.3. The standard InChI is InChI=1S/C24H26BrNO7/c1-13(2)33-10-9-26-21(14-5-8-19(32-4)17(27)12-14)20(23(29)24(26)30)22(28)15-6-7-18(31-3)16(25)11-15/h5-8,11-13,21,27-28H,9-10H2,1-4H3/b22-20-. The summed E-state index contributed by atoms with van der Waals surface area (Å²) in [6, 6.07) is 8.52. The summed E-state index contributed by atoms with van der Waals surface area (Å²) < 4.78 is 16.5. The number of aliphatic hydroxyl groups excluding tert-OH is 1. The van der Waals surface area contributed by atoms with E-state index >= 15 is 0 Å². The third kappa shape index (κ3) is 4.99. The Labute approximate surface area is 200 Å². The highest BCUT2D eigenvalue weighted by atomic mass is 79.9. The quantitative estimate of drug-likeness (QED) is 0.308. The van der Waals surface area contributed by atoms with Crippen molar-refractivity contribution >= 4 is 33.4 Å². The molecule has 0 aromatic heterocycles. The van der Waals surface area contributed by atoms with Crippen molar-refractivity contribution in [1.29, 1.82) is 0 Å². The molecule has 176 valence electrons. The topological polar surface area (TPSA) is 106 Å². The zero-order valence-corrected chi connectivity index (χ0v) is 20.4. The van der Waals surface area contributed by atoms with Gasteiger partial charge < -0.3 is 29.3 Å². The van der Waals surface area contributed by atoms with E-state index < -0.39 is 17.7 Å². The molecule has 1 aliphatic heterocycles. The van der Waals surface area contributed by atoms with Crippen molar-refractivity contribution in [3.63, 3.8) is 0 Å². The smallest absolute Gasteiger partial charge is 0.295 e. The molecule has 0 bridgehead atoms. The number of phenolic OH excluding ortho intramolecular Hbond substituents is 1. The van der Waals surface area contributed by atoms with Crippen LogP contribution in [0.4, 0.5) is 0 Å². The molecule has 1 fully saturated rings. The van der Waals surface area contributed by atoms with Crippen molar-refractivity contribution in [2.45, 2.75) is 26.0 Å². The van der Waals surface area contributed by atoms with Gasteiger partial charge in [0.1, 0.15) is 11.5 Å². The Morgan fingerprint density at radius 3 is 2.33 bits per heavy atom. The van der Waals surface area contributed by atoms with Gasteiger partial charge in [-0.2, -0.15) is 0 Å². The van der Waals surface area contributed by atoms with E-state index in [1.807, 2.05) is 13.8 Å². The van der Waals surface area contributed by atoms with Crippen molar-refractivity contribution in [1.82, 2.24) is 4.90 Å². The Hall–Kier alpha value is -3.04. The second-order valence-electron chi connectivity index (χ2n) is 7.69. The van der Waals surface area contributed by atoms with Gasteiger partial charge in [-0.05, 0) is 65.7 Å². The predicted octanol–water partition coefficient (Wildman–Crippen LogP) is 4.02. The molecule has 0 saturated carbocycles.